The van der Waals surface area contributed by atoms with Crippen LogP contribution >= 0.6 is 0 Å². The molecule has 52 heavy (non-hydrogen) atoms. The fraction of sp³-hybridized carbons (Fsp3) is 0.163. The van der Waals surface area contributed by atoms with Crippen molar-refractivity contribution in [1.29, 1.82) is 0 Å². The van der Waals surface area contributed by atoms with Crippen molar-refractivity contribution in [2.24, 2.45) is 0 Å². The van der Waals surface area contributed by atoms with E-state index in [0.717, 1.165) is 11.1 Å². The number of aromatic hydroxyl groups is 1. The first kappa shape index (κ1) is 35.5. The summed E-state index contributed by atoms with van der Waals surface area (Å²) < 4.78 is 13.4. The second-order valence-corrected chi connectivity index (χ2v) is 13.7. The Kier molecular flexibility index (Phi) is 10.1. The van der Waals surface area contributed by atoms with Gasteiger partial charge in [-0.1, -0.05) is 93.6 Å². The fourth-order valence-corrected chi connectivity index (χ4v) is 6.00. The number of fused-ring (bicyclic) bond motifs is 1. The van der Waals surface area contributed by atoms with Gasteiger partial charge in [0, 0.05) is 30.1 Å². The zero-order valence-electron chi connectivity index (χ0n) is 29.4. The first-order chi connectivity index (χ1) is 24.9. The number of carbonyl (C=O) groups excluding carboxylic acids is 3. The normalized spacial score (nSPS) is 11.9. The zero-order valence-corrected chi connectivity index (χ0v) is 29.4. The third-order valence-electron chi connectivity index (χ3n) is 8.88. The summed E-state index contributed by atoms with van der Waals surface area (Å²) in [5.41, 5.74) is 4.75. The number of aromatic nitrogens is 1. The fourth-order valence-electron chi connectivity index (χ4n) is 6.00. The lowest BCUT2D eigenvalue weighted by molar-refractivity contribution is -0.132. The average Bonchev–Trinajstić information content (AvgIpc) is 3.14. The summed E-state index contributed by atoms with van der Waals surface area (Å²) in [6, 6.07) is 34.9. The monoisotopic (exact) mass is 694 g/mol. The maximum atomic E-state index is 13.7. The first-order valence-corrected chi connectivity index (χ1v) is 16.9. The van der Waals surface area contributed by atoms with Crippen LogP contribution in [0.5, 0.6) is 5.75 Å². The van der Waals surface area contributed by atoms with Gasteiger partial charge >= 0.3 is 0 Å². The van der Waals surface area contributed by atoms with Crippen LogP contribution in [0, 0.1) is 5.82 Å². The topological polar surface area (TPSA) is 112 Å². The van der Waals surface area contributed by atoms with Crippen LogP contribution in [0.2, 0.25) is 0 Å². The van der Waals surface area contributed by atoms with Crippen molar-refractivity contribution < 1.29 is 23.9 Å². The highest BCUT2D eigenvalue weighted by Gasteiger charge is 2.27. The Hall–Kier alpha value is -6.35. The molecule has 0 bridgehead atoms. The average molecular weight is 695 g/mol. The minimum Gasteiger partial charge on any atom is -0.507 e. The number of nitrogens with zero attached hydrogens (tertiary/aromatic N) is 2. The van der Waals surface area contributed by atoms with Crippen LogP contribution in [0.15, 0.2) is 127 Å². The number of nitrogens with one attached hydrogen (secondary N) is 2. The van der Waals surface area contributed by atoms with E-state index in [2.05, 4.69) is 36.4 Å². The van der Waals surface area contributed by atoms with Crippen molar-refractivity contribution in [2.45, 2.75) is 38.8 Å². The van der Waals surface area contributed by atoms with E-state index >= 15 is 0 Å². The number of halogens is 1. The molecule has 0 aliphatic heterocycles. The molecule has 0 aliphatic carbocycles. The number of phenolic OH excluding ortho intramolecular Hbond substituents is 1. The summed E-state index contributed by atoms with van der Waals surface area (Å²) in [6.07, 6.45) is 0. The van der Waals surface area contributed by atoms with Crippen molar-refractivity contribution in [3.63, 3.8) is 0 Å². The van der Waals surface area contributed by atoms with Gasteiger partial charge in [0.25, 0.3) is 11.8 Å². The molecule has 0 saturated heterocycles. The Morgan fingerprint density at radius 3 is 2.21 bits per heavy atom. The Balaban J connectivity index is 1.19. The Bertz CT molecular complexity index is 2250. The molecule has 1 aromatic heterocycles. The van der Waals surface area contributed by atoms with Crippen LogP contribution in [0.1, 0.15) is 64.2 Å². The number of carbonyl (C=O) groups is 3. The molecule has 1 atom stereocenters. The molecule has 262 valence electrons. The number of rotatable bonds is 9. The van der Waals surface area contributed by atoms with Crippen molar-refractivity contribution >= 4 is 34.4 Å². The Morgan fingerprint density at radius 2 is 1.52 bits per heavy atom. The first-order valence-electron chi connectivity index (χ1n) is 16.9. The Labute approximate surface area is 302 Å². The summed E-state index contributed by atoms with van der Waals surface area (Å²) in [7, 11) is 1.64. The second-order valence-electron chi connectivity index (χ2n) is 13.7. The molecule has 9 heteroatoms. The quantitative estimate of drug-likeness (QED) is 0.141. The third-order valence-corrected chi connectivity index (χ3v) is 8.88. The smallest absolute Gasteiger partial charge is 0.257 e. The molecular weight excluding hydrogens is 655 g/mol. The lowest BCUT2D eigenvalue weighted by atomic mass is 9.86. The number of hydrogen-bond acceptors (Lipinski definition) is 5. The molecule has 3 amide bonds. The SMILES string of the molecule is CN(Cc1ccc(F)cc1)C(=O)[C@@H](NC(=O)c1ccc2nc(NC(=O)c3cccc(O)c3-c3ccc(C(C)(C)C)cc3)ccc2c1)c1ccccc1. The maximum absolute atomic E-state index is 13.7. The van der Waals surface area contributed by atoms with E-state index in [1.807, 2.05) is 30.3 Å². The van der Waals surface area contributed by atoms with Gasteiger partial charge in [0.05, 0.1) is 11.1 Å². The zero-order chi connectivity index (χ0) is 37.0. The van der Waals surface area contributed by atoms with Gasteiger partial charge in [0.2, 0.25) is 5.91 Å². The molecule has 0 spiro atoms. The lowest BCUT2D eigenvalue weighted by Crippen LogP contribution is -2.41. The van der Waals surface area contributed by atoms with Crippen molar-refractivity contribution in [3.05, 3.63) is 161 Å². The van der Waals surface area contributed by atoms with Gasteiger partial charge in [0.1, 0.15) is 23.4 Å². The molecule has 5 aromatic carbocycles. The van der Waals surface area contributed by atoms with Gasteiger partial charge in [-0.05, 0) is 82.3 Å². The number of amides is 3. The minimum atomic E-state index is -0.968. The van der Waals surface area contributed by atoms with Crippen LogP contribution in [0.4, 0.5) is 10.2 Å². The predicted octanol–water partition coefficient (Wildman–Crippen LogP) is 8.43. The number of benzene rings is 5. The van der Waals surface area contributed by atoms with Crippen LogP contribution in [0.3, 0.4) is 0 Å². The van der Waals surface area contributed by atoms with Gasteiger partial charge < -0.3 is 20.6 Å². The van der Waals surface area contributed by atoms with E-state index < -0.39 is 17.9 Å². The van der Waals surface area contributed by atoms with Crippen molar-refractivity contribution in [1.82, 2.24) is 15.2 Å². The van der Waals surface area contributed by atoms with Gasteiger partial charge in [-0.15, -0.1) is 0 Å². The predicted molar refractivity (Wildman–Crippen MR) is 201 cm³/mol. The molecule has 3 N–H and O–H groups in total. The van der Waals surface area contributed by atoms with Crippen LogP contribution in [-0.4, -0.2) is 39.8 Å². The molecule has 6 rings (SSSR count). The summed E-state index contributed by atoms with van der Waals surface area (Å²) in [4.78, 5) is 46.9. The highest BCUT2D eigenvalue weighted by Crippen LogP contribution is 2.35. The molecule has 6 aromatic rings. The van der Waals surface area contributed by atoms with E-state index in [-0.39, 0.29) is 29.4 Å². The number of anilines is 1. The van der Waals surface area contributed by atoms with Crippen LogP contribution in [0.25, 0.3) is 22.0 Å². The van der Waals surface area contributed by atoms with Gasteiger partial charge in [-0.25, -0.2) is 9.37 Å². The number of hydrogen-bond donors (Lipinski definition) is 3. The van der Waals surface area contributed by atoms with Crippen LogP contribution in [-0.2, 0) is 16.8 Å². The molecule has 0 radical (unpaired) electrons. The highest BCUT2D eigenvalue weighted by molar-refractivity contribution is 6.09. The largest absolute Gasteiger partial charge is 0.507 e. The summed E-state index contributed by atoms with van der Waals surface area (Å²) in [6.45, 7) is 6.60. The van der Waals surface area contributed by atoms with Crippen molar-refractivity contribution in [3.8, 4) is 16.9 Å². The summed E-state index contributed by atoms with van der Waals surface area (Å²) in [5, 5.41) is 17.2. The minimum absolute atomic E-state index is 0.0100. The van der Waals surface area contributed by atoms with Gasteiger partial charge in [0.15, 0.2) is 0 Å². The lowest BCUT2D eigenvalue weighted by Gasteiger charge is -2.25. The third kappa shape index (κ3) is 8.00. The summed E-state index contributed by atoms with van der Waals surface area (Å²) in [5.74, 6) is -1.30. The number of likely N-dealkylation sites (N-methyl/N-ethyl adjacent to an activating group) is 1. The molecule has 0 fully saturated rings. The molecule has 0 saturated carbocycles. The highest BCUT2D eigenvalue weighted by atomic mass is 19.1. The van der Waals surface area contributed by atoms with E-state index in [9.17, 15) is 23.9 Å². The van der Waals surface area contributed by atoms with Crippen molar-refractivity contribution in [2.75, 3.05) is 12.4 Å². The molecule has 0 unspecified atom stereocenters. The van der Waals surface area contributed by atoms with E-state index in [1.54, 1.807) is 92.0 Å². The molecule has 1 heterocycles. The van der Waals surface area contributed by atoms with Crippen LogP contribution < -0.4 is 10.6 Å². The molecule has 8 nitrogen and oxygen atoms in total. The van der Waals surface area contributed by atoms with E-state index in [1.165, 1.54) is 17.0 Å². The number of pyridine rings is 1. The second kappa shape index (κ2) is 14.9. The molecule has 0 aliphatic rings. The number of phenols is 1. The van der Waals surface area contributed by atoms with Gasteiger partial charge in [-0.2, -0.15) is 0 Å². The Morgan fingerprint density at radius 1 is 0.808 bits per heavy atom. The summed E-state index contributed by atoms with van der Waals surface area (Å²) >= 11 is 0. The van der Waals surface area contributed by atoms with E-state index in [0.29, 0.717) is 44.5 Å². The van der Waals surface area contributed by atoms with Gasteiger partial charge in [-0.3, -0.25) is 14.4 Å². The van der Waals surface area contributed by atoms with E-state index in [4.69, 9.17) is 0 Å². The molecular formula is C43H39FN4O4. The maximum Gasteiger partial charge on any atom is 0.257 e. The standard InChI is InChI=1S/C43H39FN4O4/c1-43(2,3)32-19-15-28(16-20-32)38-34(11-8-12-36(38)49)41(51)46-37-24-18-30-25-31(17-23-35(30)45-37)40(50)47-39(29-9-6-5-7-10-29)42(52)48(4)26-27-13-21-33(44)22-14-27/h5-25,39,49H,26H2,1-4H3,(H,47,50)(H,45,46,51)/t39-/m0/s1.